The predicted molar refractivity (Wildman–Crippen MR) is 116 cm³/mol. The van der Waals surface area contributed by atoms with E-state index in [9.17, 15) is 14.9 Å². The second kappa shape index (κ2) is 8.00. The van der Waals surface area contributed by atoms with E-state index in [1.54, 1.807) is 86.0 Å². The topological polar surface area (TPSA) is 87.3 Å². The van der Waals surface area contributed by atoms with Crippen LogP contribution in [0, 0.1) is 10.1 Å². The smallest absolute Gasteiger partial charge is 0.276 e. The Morgan fingerprint density at radius 1 is 1.00 bits per heavy atom. The molecule has 3 aromatic carbocycles. The van der Waals surface area contributed by atoms with Gasteiger partial charge in [-0.1, -0.05) is 30.3 Å². The number of hydrogen-bond donors (Lipinski definition) is 0. The molecular weight excluding hydrogens is 382 g/mol. The summed E-state index contributed by atoms with van der Waals surface area (Å²) in [6.45, 7) is 0. The van der Waals surface area contributed by atoms with Crippen LogP contribution in [-0.2, 0) is 0 Å². The molecule has 0 saturated carbocycles. The summed E-state index contributed by atoms with van der Waals surface area (Å²) in [6, 6.07) is 20.5. The van der Waals surface area contributed by atoms with Crippen molar-refractivity contribution in [3.63, 3.8) is 0 Å². The number of para-hydroxylation sites is 2. The van der Waals surface area contributed by atoms with Crippen molar-refractivity contribution in [3.8, 4) is 11.4 Å². The molecule has 7 nitrogen and oxygen atoms in total. The molecule has 0 fully saturated rings. The third kappa shape index (κ3) is 3.56. The fraction of sp³-hybridized carbons (Fsp3) is 0.0435. The minimum Gasteiger partial charge on any atom is -0.497 e. The molecular formula is C23H17N3O4. The Labute approximate surface area is 171 Å². The minimum absolute atomic E-state index is 0.0233. The molecule has 0 bridgehead atoms. The molecule has 7 heteroatoms. The van der Waals surface area contributed by atoms with Crippen LogP contribution < -0.4 is 10.3 Å². The molecule has 1 heterocycles. The number of fused-ring (bicyclic) bond motifs is 1. The second-order valence-corrected chi connectivity index (χ2v) is 6.48. The van der Waals surface area contributed by atoms with Crippen molar-refractivity contribution in [1.29, 1.82) is 0 Å². The third-order valence-corrected chi connectivity index (χ3v) is 4.66. The lowest BCUT2D eigenvalue weighted by Crippen LogP contribution is -2.22. The van der Waals surface area contributed by atoms with Crippen LogP contribution >= 0.6 is 0 Å². The van der Waals surface area contributed by atoms with Gasteiger partial charge in [0.05, 0.1) is 34.2 Å². The Bertz CT molecular complexity index is 1340. The average molecular weight is 399 g/mol. The lowest BCUT2D eigenvalue weighted by Gasteiger charge is -2.12. The fourth-order valence-electron chi connectivity index (χ4n) is 3.22. The first-order valence-corrected chi connectivity index (χ1v) is 9.16. The van der Waals surface area contributed by atoms with E-state index in [1.165, 1.54) is 10.6 Å². The average Bonchev–Trinajstić information content (AvgIpc) is 2.78. The second-order valence-electron chi connectivity index (χ2n) is 6.48. The monoisotopic (exact) mass is 399 g/mol. The Morgan fingerprint density at radius 3 is 2.57 bits per heavy atom. The lowest BCUT2D eigenvalue weighted by molar-refractivity contribution is -0.385. The predicted octanol–water partition coefficient (Wildman–Crippen LogP) is 4.47. The fourth-order valence-corrected chi connectivity index (χ4v) is 3.22. The van der Waals surface area contributed by atoms with Gasteiger partial charge in [0.25, 0.3) is 11.2 Å². The summed E-state index contributed by atoms with van der Waals surface area (Å²) in [6.07, 6.45) is 3.20. The molecule has 148 valence electrons. The Kier molecular flexibility index (Phi) is 5.09. The van der Waals surface area contributed by atoms with E-state index < -0.39 is 4.92 Å². The summed E-state index contributed by atoms with van der Waals surface area (Å²) in [5, 5.41) is 11.8. The molecule has 0 N–H and O–H groups in total. The highest BCUT2D eigenvalue weighted by Crippen LogP contribution is 2.22. The molecule has 0 amide bonds. The van der Waals surface area contributed by atoms with Gasteiger partial charge in [-0.2, -0.15) is 0 Å². The first-order valence-electron chi connectivity index (χ1n) is 9.16. The van der Waals surface area contributed by atoms with Gasteiger partial charge in [-0.3, -0.25) is 19.5 Å². The highest BCUT2D eigenvalue weighted by Gasteiger charge is 2.13. The number of nitro benzene ring substituents is 1. The van der Waals surface area contributed by atoms with Gasteiger partial charge in [0.2, 0.25) is 0 Å². The van der Waals surface area contributed by atoms with Gasteiger partial charge < -0.3 is 4.74 Å². The van der Waals surface area contributed by atoms with Crippen molar-refractivity contribution in [2.75, 3.05) is 7.11 Å². The summed E-state index contributed by atoms with van der Waals surface area (Å²) < 4.78 is 6.75. The van der Waals surface area contributed by atoms with E-state index in [-0.39, 0.29) is 11.2 Å². The normalized spacial score (nSPS) is 11.1. The maximum atomic E-state index is 13.3. The SMILES string of the molecule is COc1cccc(-n2c(/C=C/c3ccccc3[N+](=O)[O-])nc3ccccc3c2=O)c1. The first-order chi connectivity index (χ1) is 14.6. The molecule has 0 unspecified atom stereocenters. The van der Waals surface area contributed by atoms with E-state index >= 15 is 0 Å². The van der Waals surface area contributed by atoms with E-state index in [2.05, 4.69) is 4.98 Å². The molecule has 0 aliphatic heterocycles. The zero-order valence-corrected chi connectivity index (χ0v) is 16.1. The molecule has 1 aromatic heterocycles. The standard InChI is InChI=1S/C23H17N3O4/c1-30-18-9-6-8-17(15-18)25-22(24-20-11-4-3-10-19(20)23(25)27)14-13-16-7-2-5-12-21(16)26(28)29/h2-15H,1H3/b14-13+. The van der Waals surface area contributed by atoms with Crippen LogP contribution in [0.5, 0.6) is 5.75 Å². The summed E-state index contributed by atoms with van der Waals surface area (Å²) in [4.78, 5) is 28.8. The van der Waals surface area contributed by atoms with Crippen LogP contribution in [0.25, 0.3) is 28.7 Å². The Hall–Kier alpha value is -4.26. The van der Waals surface area contributed by atoms with Gasteiger partial charge in [0.1, 0.15) is 11.6 Å². The number of nitro groups is 1. The van der Waals surface area contributed by atoms with Crippen LogP contribution in [0.2, 0.25) is 0 Å². The third-order valence-electron chi connectivity index (χ3n) is 4.66. The quantitative estimate of drug-likeness (QED) is 0.365. The zero-order chi connectivity index (χ0) is 21.1. The summed E-state index contributed by atoms with van der Waals surface area (Å²) in [5.41, 5.74) is 1.28. The number of hydrogen-bond acceptors (Lipinski definition) is 5. The summed E-state index contributed by atoms with van der Waals surface area (Å²) in [7, 11) is 1.55. The lowest BCUT2D eigenvalue weighted by atomic mass is 10.1. The maximum Gasteiger partial charge on any atom is 0.276 e. The Balaban J connectivity index is 1.95. The van der Waals surface area contributed by atoms with Crippen molar-refractivity contribution in [1.82, 2.24) is 9.55 Å². The summed E-state index contributed by atoms with van der Waals surface area (Å²) >= 11 is 0. The minimum atomic E-state index is -0.442. The van der Waals surface area contributed by atoms with Crippen LogP contribution in [0.1, 0.15) is 11.4 Å². The van der Waals surface area contributed by atoms with Crippen LogP contribution in [0.4, 0.5) is 5.69 Å². The highest BCUT2D eigenvalue weighted by molar-refractivity contribution is 5.80. The van der Waals surface area contributed by atoms with Gasteiger partial charge in [-0.05, 0) is 42.5 Å². The van der Waals surface area contributed by atoms with Crippen LogP contribution in [-0.4, -0.2) is 21.6 Å². The van der Waals surface area contributed by atoms with Crippen molar-refractivity contribution >= 4 is 28.7 Å². The molecule has 0 spiro atoms. The van der Waals surface area contributed by atoms with E-state index in [0.717, 1.165) is 0 Å². The summed E-state index contributed by atoms with van der Waals surface area (Å²) in [5.74, 6) is 0.950. The molecule has 4 aromatic rings. The highest BCUT2D eigenvalue weighted by atomic mass is 16.6. The first kappa shape index (κ1) is 19.1. The van der Waals surface area contributed by atoms with E-state index in [4.69, 9.17) is 4.74 Å². The van der Waals surface area contributed by atoms with Crippen molar-refractivity contribution in [2.24, 2.45) is 0 Å². The molecule has 0 aliphatic rings. The van der Waals surface area contributed by atoms with E-state index in [1.807, 2.05) is 0 Å². The molecule has 0 radical (unpaired) electrons. The van der Waals surface area contributed by atoms with Crippen molar-refractivity contribution < 1.29 is 9.66 Å². The van der Waals surface area contributed by atoms with Crippen molar-refractivity contribution in [2.45, 2.75) is 0 Å². The number of benzene rings is 3. The van der Waals surface area contributed by atoms with Gasteiger partial charge in [0, 0.05) is 12.1 Å². The molecule has 4 rings (SSSR count). The Morgan fingerprint density at radius 2 is 1.77 bits per heavy atom. The molecule has 30 heavy (non-hydrogen) atoms. The van der Waals surface area contributed by atoms with Crippen LogP contribution in [0.3, 0.4) is 0 Å². The number of ether oxygens (including phenoxy) is 1. The van der Waals surface area contributed by atoms with Gasteiger partial charge >= 0.3 is 0 Å². The van der Waals surface area contributed by atoms with Gasteiger partial charge in [0.15, 0.2) is 0 Å². The van der Waals surface area contributed by atoms with Gasteiger partial charge in [-0.15, -0.1) is 0 Å². The van der Waals surface area contributed by atoms with Gasteiger partial charge in [-0.25, -0.2) is 4.98 Å². The molecule has 0 aliphatic carbocycles. The molecule has 0 atom stereocenters. The largest absolute Gasteiger partial charge is 0.497 e. The number of nitrogens with zero attached hydrogens (tertiary/aromatic N) is 3. The van der Waals surface area contributed by atoms with E-state index in [0.29, 0.717) is 33.7 Å². The van der Waals surface area contributed by atoms with Crippen molar-refractivity contribution in [3.05, 3.63) is 105 Å². The number of aromatic nitrogens is 2. The number of rotatable bonds is 5. The zero-order valence-electron chi connectivity index (χ0n) is 16.1. The number of methoxy groups -OCH3 is 1. The van der Waals surface area contributed by atoms with Crippen LogP contribution in [0.15, 0.2) is 77.6 Å². The molecule has 0 saturated heterocycles. The maximum absolute atomic E-state index is 13.3.